The Hall–Kier alpha value is -3.14. The van der Waals surface area contributed by atoms with Gasteiger partial charge in [0, 0.05) is 30.1 Å². The molecule has 0 saturated carbocycles. The number of amides is 1. The highest BCUT2D eigenvalue weighted by atomic mass is 19.4. The first kappa shape index (κ1) is 22.6. The van der Waals surface area contributed by atoms with Crippen LogP contribution in [0.4, 0.5) is 18.9 Å². The number of likely N-dealkylation sites (tertiary alicyclic amines) is 1. The van der Waals surface area contributed by atoms with Gasteiger partial charge in [-0.25, -0.2) is 9.50 Å². The molecule has 1 saturated heterocycles. The maximum absolute atomic E-state index is 13.2. The summed E-state index contributed by atoms with van der Waals surface area (Å²) in [5.74, 6) is 0.454. The highest BCUT2D eigenvalue weighted by molar-refractivity contribution is 6.08. The zero-order valence-corrected chi connectivity index (χ0v) is 19.0. The van der Waals surface area contributed by atoms with Crippen LogP contribution in [0, 0.1) is 0 Å². The molecule has 1 amide bonds. The second-order valence-electron chi connectivity index (χ2n) is 9.65. The molecular formula is C24H26F3N5O2. The normalized spacial score (nSPS) is 18.6. The van der Waals surface area contributed by atoms with Crippen LogP contribution in [0.2, 0.25) is 0 Å². The molecule has 0 unspecified atom stereocenters. The Balaban J connectivity index is 1.43. The lowest BCUT2D eigenvalue weighted by molar-refractivity contribution is -0.147. The van der Waals surface area contributed by atoms with Crippen molar-refractivity contribution >= 4 is 17.2 Å². The number of carbonyl (C=O) groups excluding carboxylic acids is 1. The van der Waals surface area contributed by atoms with E-state index in [9.17, 15) is 18.0 Å². The number of fused-ring (bicyclic) bond motifs is 2. The zero-order valence-electron chi connectivity index (χ0n) is 19.0. The monoisotopic (exact) mass is 473 g/mol. The number of halogens is 3. The molecule has 2 aromatic heterocycles. The molecule has 4 heterocycles. The largest absolute Gasteiger partial charge is 0.487 e. The van der Waals surface area contributed by atoms with Crippen molar-refractivity contribution in [3.63, 3.8) is 0 Å². The molecule has 0 aliphatic carbocycles. The van der Waals surface area contributed by atoms with E-state index in [0.29, 0.717) is 49.2 Å². The summed E-state index contributed by atoms with van der Waals surface area (Å²) in [4.78, 5) is 18.9. The number of nitrogens with zero attached hydrogens (tertiary/aromatic N) is 4. The molecular weight excluding hydrogens is 447 g/mol. The van der Waals surface area contributed by atoms with Crippen LogP contribution < -0.4 is 10.1 Å². The molecule has 10 heteroatoms. The molecule has 180 valence electrons. The molecule has 2 aliphatic rings. The van der Waals surface area contributed by atoms with Crippen LogP contribution in [0.5, 0.6) is 5.75 Å². The summed E-state index contributed by atoms with van der Waals surface area (Å²) >= 11 is 0. The number of benzene rings is 1. The maximum Gasteiger partial charge on any atom is 0.401 e. The third-order valence-corrected chi connectivity index (χ3v) is 6.44. The lowest BCUT2D eigenvalue weighted by Gasteiger charge is -2.33. The lowest BCUT2D eigenvalue weighted by Crippen LogP contribution is -2.39. The summed E-state index contributed by atoms with van der Waals surface area (Å²) in [6.07, 6.45) is 2.43. The van der Waals surface area contributed by atoms with Crippen LogP contribution >= 0.6 is 0 Å². The van der Waals surface area contributed by atoms with Crippen LogP contribution in [-0.4, -0.2) is 56.8 Å². The molecule has 0 radical (unpaired) electrons. The van der Waals surface area contributed by atoms with Gasteiger partial charge in [0.05, 0.1) is 12.7 Å². The van der Waals surface area contributed by atoms with Crippen molar-refractivity contribution in [2.75, 3.05) is 25.0 Å². The van der Waals surface area contributed by atoms with E-state index in [1.807, 2.05) is 26.0 Å². The average Bonchev–Trinajstić information content (AvgIpc) is 3.31. The Labute approximate surface area is 194 Å². The van der Waals surface area contributed by atoms with Gasteiger partial charge in [-0.2, -0.15) is 18.3 Å². The first-order chi connectivity index (χ1) is 16.1. The van der Waals surface area contributed by atoms with Gasteiger partial charge in [-0.15, -0.1) is 0 Å². The van der Waals surface area contributed by atoms with E-state index in [0.717, 1.165) is 16.9 Å². The van der Waals surface area contributed by atoms with Gasteiger partial charge in [0.2, 0.25) is 0 Å². The highest BCUT2D eigenvalue weighted by Gasteiger charge is 2.35. The Morgan fingerprint density at radius 2 is 2.03 bits per heavy atom. The molecule has 1 aromatic carbocycles. The number of nitrogens with one attached hydrogen (secondary N) is 1. The minimum absolute atomic E-state index is 0.0134. The van der Waals surface area contributed by atoms with Gasteiger partial charge in [-0.05, 0) is 69.5 Å². The van der Waals surface area contributed by atoms with Crippen LogP contribution in [0.3, 0.4) is 0 Å². The second kappa shape index (κ2) is 8.26. The smallest absolute Gasteiger partial charge is 0.401 e. The van der Waals surface area contributed by atoms with E-state index in [-0.39, 0.29) is 17.4 Å². The fourth-order valence-corrected chi connectivity index (χ4v) is 4.94. The van der Waals surface area contributed by atoms with E-state index in [4.69, 9.17) is 4.74 Å². The first-order valence-electron chi connectivity index (χ1n) is 11.3. The van der Waals surface area contributed by atoms with E-state index in [2.05, 4.69) is 15.4 Å². The number of ether oxygens (including phenoxy) is 1. The maximum atomic E-state index is 13.2. The molecule has 0 bridgehead atoms. The van der Waals surface area contributed by atoms with Crippen molar-refractivity contribution in [2.45, 2.75) is 50.8 Å². The molecule has 3 aromatic rings. The minimum atomic E-state index is -4.21. The predicted octanol–water partition coefficient (Wildman–Crippen LogP) is 4.44. The number of hydrogen-bond donors (Lipinski definition) is 1. The number of alkyl halides is 3. The third kappa shape index (κ3) is 4.59. The van der Waals surface area contributed by atoms with Crippen molar-refractivity contribution in [3.05, 3.63) is 53.5 Å². The zero-order chi connectivity index (χ0) is 24.1. The SMILES string of the molecule is CC1(C)Cc2cc(NC(=O)c3cnn4cccnc34)c(C3CCN(CC(F)(F)F)CC3)cc2O1. The highest BCUT2D eigenvalue weighted by Crippen LogP contribution is 2.43. The molecule has 1 N–H and O–H groups in total. The molecule has 0 spiro atoms. The van der Waals surface area contributed by atoms with Crippen molar-refractivity contribution in [1.82, 2.24) is 19.5 Å². The number of anilines is 1. The second-order valence-corrected chi connectivity index (χ2v) is 9.65. The fraction of sp³-hybridized carbons (Fsp3) is 0.458. The Bertz CT molecular complexity index is 1230. The standard InChI is InChI=1S/C24H26F3N5O2/c1-23(2)12-16-10-19(30-22(33)18-13-29-32-7-3-6-28-21(18)32)17(11-20(16)34-23)15-4-8-31(9-5-15)14-24(25,26)27/h3,6-7,10-11,13,15H,4-5,8-9,12,14H2,1-2H3,(H,30,33). The Morgan fingerprint density at radius 3 is 2.76 bits per heavy atom. The number of aromatic nitrogens is 3. The van der Waals surface area contributed by atoms with Crippen LogP contribution in [-0.2, 0) is 6.42 Å². The fourth-order valence-electron chi connectivity index (χ4n) is 4.94. The van der Waals surface area contributed by atoms with Gasteiger partial charge in [-0.3, -0.25) is 9.69 Å². The first-order valence-corrected chi connectivity index (χ1v) is 11.3. The molecule has 2 aliphatic heterocycles. The van der Waals surface area contributed by atoms with Gasteiger partial charge in [-0.1, -0.05) is 0 Å². The quantitative estimate of drug-likeness (QED) is 0.607. The number of hydrogen-bond acceptors (Lipinski definition) is 5. The van der Waals surface area contributed by atoms with Crippen LogP contribution in [0.1, 0.15) is 54.1 Å². The topological polar surface area (TPSA) is 71.8 Å². The lowest BCUT2D eigenvalue weighted by atomic mass is 9.87. The number of rotatable bonds is 4. The molecule has 1 fully saturated rings. The van der Waals surface area contributed by atoms with Gasteiger partial charge in [0.15, 0.2) is 5.65 Å². The third-order valence-electron chi connectivity index (χ3n) is 6.44. The molecule has 0 atom stereocenters. The van der Waals surface area contributed by atoms with Crippen molar-refractivity contribution in [2.24, 2.45) is 0 Å². The summed E-state index contributed by atoms with van der Waals surface area (Å²) in [6.45, 7) is 3.81. The van der Waals surface area contributed by atoms with E-state index in [1.165, 1.54) is 15.6 Å². The van der Waals surface area contributed by atoms with Gasteiger partial charge in [0.1, 0.15) is 16.9 Å². The van der Waals surface area contributed by atoms with Crippen LogP contribution in [0.25, 0.3) is 5.65 Å². The molecule has 34 heavy (non-hydrogen) atoms. The summed E-state index contributed by atoms with van der Waals surface area (Å²) in [5, 5.41) is 7.21. The van der Waals surface area contributed by atoms with Gasteiger partial charge >= 0.3 is 6.18 Å². The average molecular weight is 473 g/mol. The van der Waals surface area contributed by atoms with E-state index >= 15 is 0 Å². The van der Waals surface area contributed by atoms with Gasteiger partial charge < -0.3 is 10.1 Å². The van der Waals surface area contributed by atoms with Crippen molar-refractivity contribution < 1.29 is 22.7 Å². The Kier molecular flexibility index (Phi) is 5.50. The minimum Gasteiger partial charge on any atom is -0.487 e. The van der Waals surface area contributed by atoms with Crippen molar-refractivity contribution in [3.8, 4) is 5.75 Å². The number of carbonyl (C=O) groups is 1. The number of piperidine rings is 1. The van der Waals surface area contributed by atoms with E-state index < -0.39 is 12.7 Å². The van der Waals surface area contributed by atoms with Crippen LogP contribution in [0.15, 0.2) is 36.8 Å². The van der Waals surface area contributed by atoms with Crippen molar-refractivity contribution in [1.29, 1.82) is 0 Å². The summed E-state index contributed by atoms with van der Waals surface area (Å²) in [6, 6.07) is 5.63. The summed E-state index contributed by atoms with van der Waals surface area (Å²) in [7, 11) is 0. The summed E-state index contributed by atoms with van der Waals surface area (Å²) in [5.41, 5.74) is 2.99. The molecule has 5 rings (SSSR count). The Morgan fingerprint density at radius 1 is 1.26 bits per heavy atom. The molecule has 7 nitrogen and oxygen atoms in total. The predicted molar refractivity (Wildman–Crippen MR) is 120 cm³/mol. The summed E-state index contributed by atoms with van der Waals surface area (Å²) < 4.78 is 46.1. The van der Waals surface area contributed by atoms with E-state index in [1.54, 1.807) is 18.5 Å². The van der Waals surface area contributed by atoms with Gasteiger partial charge in [0.25, 0.3) is 5.91 Å².